The molecule has 0 saturated carbocycles. The first-order valence-corrected chi connectivity index (χ1v) is 11.5. The summed E-state index contributed by atoms with van der Waals surface area (Å²) < 4.78 is 1.68. The molecule has 0 atom stereocenters. The molecule has 1 N–H and O–H groups in total. The summed E-state index contributed by atoms with van der Waals surface area (Å²) in [7, 11) is 0. The van der Waals surface area contributed by atoms with Crippen molar-refractivity contribution in [3.63, 3.8) is 0 Å². The number of rotatable bonds is 7. The van der Waals surface area contributed by atoms with Gasteiger partial charge >= 0.3 is 5.97 Å². The maximum absolute atomic E-state index is 12.9. The number of anilines is 2. The lowest BCUT2D eigenvalue weighted by Gasteiger charge is -2.23. The van der Waals surface area contributed by atoms with Crippen LogP contribution in [-0.4, -0.2) is 30.1 Å². The van der Waals surface area contributed by atoms with Gasteiger partial charge in [0.1, 0.15) is 6.54 Å². The quantitative estimate of drug-likeness (QED) is 0.432. The van der Waals surface area contributed by atoms with Gasteiger partial charge in [0.25, 0.3) is 0 Å². The summed E-state index contributed by atoms with van der Waals surface area (Å²) in [6, 6.07) is 20.5. The highest BCUT2D eigenvalue weighted by molar-refractivity contribution is 8.00. The molecule has 0 unspecified atom stereocenters. The third-order valence-corrected chi connectivity index (χ3v) is 6.52. The zero-order valence-corrected chi connectivity index (χ0v) is 19.3. The van der Waals surface area contributed by atoms with Gasteiger partial charge in [-0.25, -0.2) is 0 Å². The van der Waals surface area contributed by atoms with Crippen LogP contribution in [-0.2, 0) is 22.4 Å². The molecule has 1 aliphatic heterocycles. The lowest BCUT2D eigenvalue weighted by molar-refractivity contribution is -0.135. The van der Waals surface area contributed by atoms with E-state index in [9.17, 15) is 14.7 Å². The van der Waals surface area contributed by atoms with E-state index >= 15 is 0 Å². The molecule has 0 aromatic heterocycles. The van der Waals surface area contributed by atoms with Gasteiger partial charge in [-0.2, -0.15) is 0 Å². The van der Waals surface area contributed by atoms with Crippen LogP contribution in [0.1, 0.15) is 11.1 Å². The van der Waals surface area contributed by atoms with Gasteiger partial charge in [0, 0.05) is 32.9 Å². The number of nitrogens with zero attached hydrogens (tertiary/aromatic N) is 2. The summed E-state index contributed by atoms with van der Waals surface area (Å²) in [6.07, 6.45) is 1.07. The van der Waals surface area contributed by atoms with Crippen molar-refractivity contribution in [3.8, 4) is 0 Å². The monoisotopic (exact) mass is 486 g/mol. The van der Waals surface area contributed by atoms with Crippen LogP contribution in [0.2, 0.25) is 10.0 Å². The smallest absolute Gasteiger partial charge is 0.324 e. The topological polar surface area (TPSA) is 60.9 Å². The van der Waals surface area contributed by atoms with E-state index in [0.29, 0.717) is 23.0 Å². The molecule has 1 amide bonds. The van der Waals surface area contributed by atoms with Crippen molar-refractivity contribution >= 4 is 58.4 Å². The van der Waals surface area contributed by atoms with Gasteiger partial charge in [0.2, 0.25) is 5.91 Å². The fourth-order valence-electron chi connectivity index (χ4n) is 3.68. The molecule has 0 spiro atoms. The van der Waals surface area contributed by atoms with Crippen molar-refractivity contribution < 1.29 is 14.7 Å². The number of carbonyl (C=O) groups excluding carboxylic acids is 1. The Morgan fingerprint density at radius 1 is 1.00 bits per heavy atom. The average molecular weight is 487 g/mol. The Balaban J connectivity index is 1.55. The first-order chi connectivity index (χ1) is 15.4. The van der Waals surface area contributed by atoms with Crippen molar-refractivity contribution in [2.45, 2.75) is 17.7 Å². The number of carbonyl (C=O) groups is 2. The maximum Gasteiger partial charge on any atom is 0.324 e. The van der Waals surface area contributed by atoms with Crippen molar-refractivity contribution in [2.75, 3.05) is 22.3 Å². The summed E-state index contributed by atoms with van der Waals surface area (Å²) in [5, 5.41) is 10.4. The van der Waals surface area contributed by atoms with E-state index in [-0.39, 0.29) is 12.5 Å². The Kier molecular flexibility index (Phi) is 6.94. The van der Waals surface area contributed by atoms with Crippen LogP contribution < -0.4 is 9.21 Å². The largest absolute Gasteiger partial charge is 0.480 e. The van der Waals surface area contributed by atoms with E-state index in [2.05, 4.69) is 0 Å². The van der Waals surface area contributed by atoms with Gasteiger partial charge in [0.05, 0.1) is 6.42 Å². The lowest BCUT2D eigenvalue weighted by Crippen LogP contribution is -2.30. The van der Waals surface area contributed by atoms with Crippen LogP contribution in [0.3, 0.4) is 0 Å². The van der Waals surface area contributed by atoms with E-state index < -0.39 is 5.97 Å². The van der Waals surface area contributed by atoms with E-state index in [0.717, 1.165) is 33.8 Å². The fourth-order valence-corrected chi connectivity index (χ4v) is 5.34. The molecule has 0 aliphatic carbocycles. The number of hydrogen-bond acceptors (Lipinski definition) is 4. The van der Waals surface area contributed by atoms with Crippen LogP contribution in [0.15, 0.2) is 71.6 Å². The van der Waals surface area contributed by atoms with Crippen molar-refractivity contribution in [1.29, 1.82) is 0 Å². The van der Waals surface area contributed by atoms with Gasteiger partial charge in [-0.15, -0.1) is 0 Å². The predicted molar refractivity (Wildman–Crippen MR) is 130 cm³/mol. The lowest BCUT2D eigenvalue weighted by atomic mass is 10.1. The second-order valence-corrected chi connectivity index (χ2v) is 9.37. The van der Waals surface area contributed by atoms with Crippen LogP contribution in [0.25, 0.3) is 0 Å². The molecule has 0 radical (unpaired) electrons. The number of benzene rings is 3. The van der Waals surface area contributed by atoms with Crippen molar-refractivity contribution in [1.82, 2.24) is 0 Å². The minimum absolute atomic E-state index is 0.0491. The van der Waals surface area contributed by atoms with Crippen molar-refractivity contribution in [3.05, 3.63) is 87.9 Å². The number of hydrogen-bond donors (Lipinski definition) is 1. The first kappa shape index (κ1) is 22.5. The summed E-state index contributed by atoms with van der Waals surface area (Å²) in [6.45, 7) is 0.407. The molecule has 3 aromatic rings. The Labute approximate surface area is 200 Å². The molecule has 8 heteroatoms. The highest BCUT2D eigenvalue weighted by atomic mass is 35.5. The normalized spacial score (nSPS) is 12.5. The van der Waals surface area contributed by atoms with Crippen LogP contribution in [0, 0.1) is 0 Å². The van der Waals surface area contributed by atoms with Crippen LogP contribution in [0.5, 0.6) is 0 Å². The highest BCUT2D eigenvalue weighted by Gasteiger charge is 2.26. The molecule has 164 valence electrons. The molecule has 1 aliphatic rings. The van der Waals surface area contributed by atoms with E-state index in [1.807, 2.05) is 48.5 Å². The second kappa shape index (κ2) is 9.86. The standard InChI is InChI=1S/C24H20Cl2N2O3S/c25-18-12-19(26)14-21(13-18)32-28(15-24(30)31)20-6-7-22-17(11-20)8-9-27(22)23(29)10-16-4-2-1-3-5-16/h1-7,11-14H,8-10,15H2,(H,30,31). The third-order valence-electron chi connectivity index (χ3n) is 5.08. The maximum atomic E-state index is 12.9. The number of amides is 1. The molecule has 0 bridgehead atoms. The van der Waals surface area contributed by atoms with Gasteiger partial charge < -0.3 is 14.3 Å². The minimum atomic E-state index is -0.953. The summed E-state index contributed by atoms with van der Waals surface area (Å²) in [4.78, 5) is 26.9. The second-order valence-electron chi connectivity index (χ2n) is 7.40. The summed E-state index contributed by atoms with van der Waals surface area (Å²) in [5.74, 6) is -0.904. The SMILES string of the molecule is O=C(O)CN(Sc1cc(Cl)cc(Cl)c1)c1ccc2c(c1)CCN2C(=O)Cc1ccccc1. The fraction of sp³-hybridized carbons (Fsp3) is 0.167. The molecule has 0 saturated heterocycles. The number of fused-ring (bicyclic) bond motifs is 1. The molecule has 32 heavy (non-hydrogen) atoms. The molecular weight excluding hydrogens is 467 g/mol. The van der Waals surface area contributed by atoms with Gasteiger partial charge in [-0.3, -0.25) is 9.59 Å². The molecule has 5 nitrogen and oxygen atoms in total. The van der Waals surface area contributed by atoms with Crippen molar-refractivity contribution in [2.24, 2.45) is 0 Å². The van der Waals surface area contributed by atoms with E-state index in [4.69, 9.17) is 23.2 Å². The van der Waals surface area contributed by atoms with E-state index in [1.54, 1.807) is 27.4 Å². The summed E-state index contributed by atoms with van der Waals surface area (Å²) in [5.41, 5.74) is 3.61. The third kappa shape index (κ3) is 5.38. The minimum Gasteiger partial charge on any atom is -0.480 e. The molecule has 0 fully saturated rings. The number of carboxylic acids is 1. The zero-order valence-electron chi connectivity index (χ0n) is 17.0. The number of aliphatic carboxylic acids is 1. The summed E-state index contributed by atoms with van der Waals surface area (Å²) >= 11 is 13.4. The Morgan fingerprint density at radius 2 is 1.72 bits per heavy atom. The highest BCUT2D eigenvalue weighted by Crippen LogP contribution is 2.37. The molecular formula is C24H20Cl2N2O3S. The van der Waals surface area contributed by atoms with Gasteiger partial charge in [-0.1, -0.05) is 53.5 Å². The number of carboxylic acid groups (broad SMARTS) is 1. The predicted octanol–water partition coefficient (Wildman–Crippen LogP) is 5.72. The van der Waals surface area contributed by atoms with Gasteiger partial charge in [-0.05, 0) is 65.9 Å². The van der Waals surface area contributed by atoms with E-state index in [1.165, 1.54) is 11.9 Å². The van der Waals surface area contributed by atoms with Crippen LogP contribution >= 0.6 is 35.1 Å². The molecule has 4 rings (SSSR count). The van der Waals surface area contributed by atoms with Gasteiger partial charge in [0.15, 0.2) is 0 Å². The zero-order chi connectivity index (χ0) is 22.7. The Morgan fingerprint density at radius 3 is 2.41 bits per heavy atom. The molecule has 3 aromatic carbocycles. The molecule has 1 heterocycles. The average Bonchev–Trinajstić information content (AvgIpc) is 3.16. The first-order valence-electron chi connectivity index (χ1n) is 9.99. The Bertz CT molecular complexity index is 1140. The Hall–Kier alpha value is -2.67. The van der Waals surface area contributed by atoms with Crippen LogP contribution in [0.4, 0.5) is 11.4 Å². The number of halogens is 2.